The molecule has 2 heteroatoms. The van der Waals surface area contributed by atoms with E-state index in [-0.39, 0.29) is 5.41 Å². The number of benzene rings is 11. The maximum Gasteiger partial charge on any atom is 0.143 e. The van der Waals surface area contributed by atoms with Crippen molar-refractivity contribution in [3.8, 4) is 44.5 Å². The molecule has 0 atom stereocenters. The Labute approximate surface area is 408 Å². The van der Waals surface area contributed by atoms with Crippen molar-refractivity contribution in [2.24, 2.45) is 0 Å². The largest absolute Gasteiger partial charge is 0.455 e. The molecule has 70 heavy (non-hydrogen) atoms. The van der Waals surface area contributed by atoms with Gasteiger partial charge in [0.15, 0.2) is 0 Å². The summed E-state index contributed by atoms with van der Waals surface area (Å²) >= 11 is 0. The predicted octanol–water partition coefficient (Wildman–Crippen LogP) is 18.2. The molecular formula is C68H47NO. The van der Waals surface area contributed by atoms with Crippen molar-refractivity contribution < 1.29 is 4.42 Å². The molecule has 1 aromatic heterocycles. The van der Waals surface area contributed by atoms with Crippen molar-refractivity contribution in [2.75, 3.05) is 4.90 Å². The number of furan rings is 1. The van der Waals surface area contributed by atoms with Crippen molar-refractivity contribution in [1.29, 1.82) is 0 Å². The van der Waals surface area contributed by atoms with Crippen LogP contribution in [-0.2, 0) is 10.8 Å². The number of nitrogens with zero attached hydrogens (tertiary/aromatic N) is 1. The van der Waals surface area contributed by atoms with Gasteiger partial charge >= 0.3 is 0 Å². The molecule has 11 aromatic carbocycles. The van der Waals surface area contributed by atoms with Gasteiger partial charge in [0.25, 0.3) is 0 Å². The Morgan fingerprint density at radius 3 is 1.54 bits per heavy atom. The van der Waals surface area contributed by atoms with Crippen LogP contribution in [0.25, 0.3) is 77.2 Å². The van der Waals surface area contributed by atoms with Crippen LogP contribution in [0.1, 0.15) is 47.2 Å². The summed E-state index contributed by atoms with van der Waals surface area (Å²) < 4.78 is 7.14. The minimum Gasteiger partial charge on any atom is -0.455 e. The lowest BCUT2D eigenvalue weighted by atomic mass is 9.67. The maximum absolute atomic E-state index is 7.14. The first kappa shape index (κ1) is 40.4. The molecule has 0 spiro atoms. The standard InChI is InChI=1S/C68H47NO/c1-67(2)61-28-16-14-26-54(61)56-38-35-50(42-63(56)67)69(51-36-39-57-55-27-15-17-29-62(55)68(64(57)43-51,48-21-8-4-9-22-48)49-23-10-5-11-24-49)52-40-59(47-32-30-45(31-33-47)44-18-6-3-7-19-44)66-60(41-52)58-37-34-46-20-12-13-25-53(46)65(58)70-66/h3-43H,1-2H3. The van der Waals surface area contributed by atoms with Gasteiger partial charge in [-0.1, -0.05) is 220 Å². The van der Waals surface area contributed by atoms with Gasteiger partial charge in [0, 0.05) is 44.2 Å². The molecule has 14 rings (SSSR count). The first-order valence-corrected chi connectivity index (χ1v) is 24.4. The highest BCUT2D eigenvalue weighted by Gasteiger charge is 2.46. The van der Waals surface area contributed by atoms with Crippen LogP contribution in [-0.4, -0.2) is 0 Å². The molecular weight excluding hydrogens is 847 g/mol. The van der Waals surface area contributed by atoms with E-state index in [4.69, 9.17) is 4.42 Å². The Bertz CT molecular complexity index is 3970. The lowest BCUT2D eigenvalue weighted by molar-refractivity contribution is 0.660. The molecule has 1 heterocycles. The van der Waals surface area contributed by atoms with Gasteiger partial charge in [0.05, 0.1) is 5.41 Å². The fourth-order valence-electron chi connectivity index (χ4n) is 12.3. The van der Waals surface area contributed by atoms with Gasteiger partial charge in [-0.25, -0.2) is 0 Å². The van der Waals surface area contributed by atoms with Gasteiger partial charge < -0.3 is 9.32 Å². The molecule has 2 aliphatic carbocycles. The topological polar surface area (TPSA) is 16.4 Å². The molecule has 0 N–H and O–H groups in total. The van der Waals surface area contributed by atoms with Gasteiger partial charge in [-0.05, 0) is 120 Å². The van der Waals surface area contributed by atoms with E-state index in [1.54, 1.807) is 0 Å². The minimum atomic E-state index is -0.560. The Morgan fingerprint density at radius 1 is 0.314 bits per heavy atom. The molecule has 0 aliphatic heterocycles. The van der Waals surface area contributed by atoms with Crippen LogP contribution < -0.4 is 4.90 Å². The molecule has 0 bridgehead atoms. The van der Waals surface area contributed by atoms with Crippen LogP contribution in [0.4, 0.5) is 17.1 Å². The quantitative estimate of drug-likeness (QED) is 0.158. The van der Waals surface area contributed by atoms with Crippen LogP contribution in [0.15, 0.2) is 253 Å². The monoisotopic (exact) mass is 893 g/mol. The number of rotatable bonds is 7. The number of anilines is 3. The Balaban J connectivity index is 1.06. The first-order chi connectivity index (χ1) is 34.5. The second-order valence-corrected chi connectivity index (χ2v) is 19.6. The third-order valence-corrected chi connectivity index (χ3v) is 15.5. The van der Waals surface area contributed by atoms with Crippen molar-refractivity contribution in [2.45, 2.75) is 24.7 Å². The van der Waals surface area contributed by atoms with E-state index in [0.29, 0.717) is 0 Å². The van der Waals surface area contributed by atoms with E-state index in [1.807, 2.05) is 0 Å². The summed E-state index contributed by atoms with van der Waals surface area (Å²) in [6, 6.07) is 91.9. The zero-order chi connectivity index (χ0) is 46.6. The molecule has 0 radical (unpaired) electrons. The fourth-order valence-corrected chi connectivity index (χ4v) is 12.3. The Morgan fingerprint density at radius 2 is 0.843 bits per heavy atom. The van der Waals surface area contributed by atoms with Gasteiger partial charge in [-0.15, -0.1) is 0 Å². The number of fused-ring (bicyclic) bond motifs is 11. The Kier molecular flexibility index (Phi) is 8.88. The van der Waals surface area contributed by atoms with E-state index in [1.165, 1.54) is 66.8 Å². The van der Waals surface area contributed by atoms with E-state index in [2.05, 4.69) is 267 Å². The zero-order valence-corrected chi connectivity index (χ0v) is 39.0. The number of hydrogen-bond acceptors (Lipinski definition) is 2. The maximum atomic E-state index is 7.14. The van der Waals surface area contributed by atoms with Gasteiger partial charge in [0.1, 0.15) is 11.2 Å². The van der Waals surface area contributed by atoms with Crippen LogP contribution >= 0.6 is 0 Å². The smallest absolute Gasteiger partial charge is 0.143 e. The average Bonchev–Trinajstić information content (AvgIpc) is 4.03. The summed E-state index contributed by atoms with van der Waals surface area (Å²) in [5.74, 6) is 0. The lowest BCUT2D eigenvalue weighted by Crippen LogP contribution is -2.28. The predicted molar refractivity (Wildman–Crippen MR) is 292 cm³/mol. The fraction of sp³-hybridized carbons (Fsp3) is 0.0588. The van der Waals surface area contributed by atoms with E-state index >= 15 is 0 Å². The highest BCUT2D eigenvalue weighted by molar-refractivity contribution is 6.18. The minimum absolute atomic E-state index is 0.194. The average molecular weight is 894 g/mol. The Hall–Kier alpha value is -8.72. The third-order valence-electron chi connectivity index (χ3n) is 15.5. The van der Waals surface area contributed by atoms with Gasteiger partial charge in [0.2, 0.25) is 0 Å². The molecule has 0 amide bonds. The van der Waals surface area contributed by atoms with Crippen molar-refractivity contribution in [1.82, 2.24) is 0 Å². The highest BCUT2D eigenvalue weighted by Crippen LogP contribution is 2.58. The van der Waals surface area contributed by atoms with Crippen LogP contribution in [0.5, 0.6) is 0 Å². The molecule has 0 saturated carbocycles. The van der Waals surface area contributed by atoms with E-state index in [0.717, 1.165) is 60.9 Å². The summed E-state index contributed by atoms with van der Waals surface area (Å²) in [5, 5.41) is 4.44. The molecule has 2 aliphatic rings. The summed E-state index contributed by atoms with van der Waals surface area (Å²) in [7, 11) is 0. The van der Waals surface area contributed by atoms with Crippen molar-refractivity contribution >= 4 is 49.8 Å². The molecule has 330 valence electrons. The lowest BCUT2D eigenvalue weighted by Gasteiger charge is -2.35. The van der Waals surface area contributed by atoms with E-state index in [9.17, 15) is 0 Å². The molecule has 0 fully saturated rings. The zero-order valence-electron chi connectivity index (χ0n) is 39.0. The second kappa shape index (κ2) is 15.4. The van der Waals surface area contributed by atoms with E-state index < -0.39 is 5.41 Å². The van der Waals surface area contributed by atoms with Crippen LogP contribution in [0.2, 0.25) is 0 Å². The first-order valence-electron chi connectivity index (χ1n) is 24.4. The summed E-state index contributed by atoms with van der Waals surface area (Å²) in [6.07, 6.45) is 0. The number of hydrogen-bond donors (Lipinski definition) is 0. The van der Waals surface area contributed by atoms with Crippen LogP contribution in [0.3, 0.4) is 0 Å². The summed E-state index contributed by atoms with van der Waals surface area (Å²) in [6.45, 7) is 4.75. The van der Waals surface area contributed by atoms with Crippen LogP contribution in [0, 0.1) is 0 Å². The van der Waals surface area contributed by atoms with Crippen molar-refractivity contribution in [3.05, 3.63) is 282 Å². The van der Waals surface area contributed by atoms with Gasteiger partial charge in [-0.2, -0.15) is 0 Å². The molecule has 12 aromatic rings. The SMILES string of the molecule is CC1(C)c2ccccc2-c2ccc(N(c3ccc4c(c3)C(c3ccccc3)(c3ccccc3)c3ccccc3-4)c3cc(-c4ccc(-c5ccccc5)cc4)c4oc5c6ccccc6ccc5c4c3)cc21. The molecule has 2 nitrogen and oxygen atoms in total. The molecule has 0 saturated heterocycles. The third kappa shape index (κ3) is 5.87. The second-order valence-electron chi connectivity index (χ2n) is 19.6. The summed E-state index contributed by atoms with van der Waals surface area (Å²) in [5.41, 5.74) is 21.6. The van der Waals surface area contributed by atoms with Crippen molar-refractivity contribution in [3.63, 3.8) is 0 Å². The molecule has 0 unspecified atom stereocenters. The van der Waals surface area contributed by atoms with Gasteiger partial charge in [-0.3, -0.25) is 0 Å². The normalized spacial score (nSPS) is 13.8. The summed E-state index contributed by atoms with van der Waals surface area (Å²) in [4.78, 5) is 2.50. The highest BCUT2D eigenvalue weighted by atomic mass is 16.3.